The fourth-order valence-electron chi connectivity index (χ4n) is 10.4. The molecule has 7 aliphatic heterocycles. The van der Waals surface area contributed by atoms with Gasteiger partial charge in [0.2, 0.25) is 6.79 Å². The van der Waals surface area contributed by atoms with Gasteiger partial charge in [-0.25, -0.2) is 4.79 Å². The van der Waals surface area contributed by atoms with Crippen LogP contribution >= 0.6 is 11.8 Å². The molecule has 0 aliphatic carbocycles. The number of aromatic hydroxyl groups is 1. The van der Waals surface area contributed by atoms with Gasteiger partial charge in [0.1, 0.15) is 18.6 Å². The predicted molar refractivity (Wildman–Crippen MR) is 198 cm³/mol. The number of H-pyrrole nitrogens is 1. The van der Waals surface area contributed by atoms with Gasteiger partial charge in [-0.15, -0.1) is 11.8 Å². The number of hydrogen-bond donors (Lipinski definition) is 4. The molecule has 7 aliphatic rings. The average Bonchev–Trinajstić information content (AvgIpc) is 3.80. The summed E-state index contributed by atoms with van der Waals surface area (Å²) in [6.45, 7) is 5.54. The maximum absolute atomic E-state index is 14.8. The summed E-state index contributed by atoms with van der Waals surface area (Å²) in [6.07, 6.45) is 0.205. The zero-order chi connectivity index (χ0) is 37.4. The van der Waals surface area contributed by atoms with Gasteiger partial charge in [0, 0.05) is 58.4 Å². The monoisotopic (exact) mass is 754 g/mol. The van der Waals surface area contributed by atoms with Crippen molar-refractivity contribution in [2.45, 2.75) is 74.8 Å². The van der Waals surface area contributed by atoms with E-state index in [2.05, 4.69) is 27.3 Å². The fourth-order valence-corrected chi connectivity index (χ4v) is 12.1. The minimum absolute atomic E-state index is 0.0347. The number of ether oxygens (including phenoxy) is 5. The highest BCUT2D eigenvalue weighted by molar-refractivity contribution is 7.99. The zero-order valence-electron chi connectivity index (χ0n) is 30.6. The molecule has 14 heteroatoms. The van der Waals surface area contributed by atoms with E-state index in [9.17, 15) is 19.8 Å². The summed E-state index contributed by atoms with van der Waals surface area (Å²) >= 11 is 1.54. The number of benzene rings is 3. The molecule has 1 aromatic heterocycles. The number of aromatic amines is 1. The van der Waals surface area contributed by atoms with Crippen molar-refractivity contribution in [3.05, 3.63) is 75.0 Å². The van der Waals surface area contributed by atoms with Crippen molar-refractivity contribution in [1.29, 1.82) is 0 Å². The first kappa shape index (κ1) is 34.1. The van der Waals surface area contributed by atoms with Crippen LogP contribution in [0.25, 0.3) is 10.9 Å². The van der Waals surface area contributed by atoms with E-state index >= 15 is 0 Å². The summed E-state index contributed by atoms with van der Waals surface area (Å²) < 4.78 is 30.6. The molecule has 54 heavy (non-hydrogen) atoms. The number of esters is 2. The number of methoxy groups -OCH3 is 1. The molecule has 13 nitrogen and oxygen atoms in total. The Bertz CT molecular complexity index is 2290. The van der Waals surface area contributed by atoms with Crippen LogP contribution in [0.3, 0.4) is 0 Å². The van der Waals surface area contributed by atoms with Crippen LogP contribution in [-0.2, 0) is 32.7 Å². The summed E-state index contributed by atoms with van der Waals surface area (Å²) in [7, 11) is 3.54. The number of nitrogens with one attached hydrogen (secondary N) is 2. The number of phenols is 1. The molecule has 0 amide bonds. The Labute approximate surface area is 315 Å². The van der Waals surface area contributed by atoms with Gasteiger partial charge >= 0.3 is 11.9 Å². The van der Waals surface area contributed by atoms with Gasteiger partial charge in [-0.1, -0.05) is 24.3 Å². The molecule has 7 atom stereocenters. The van der Waals surface area contributed by atoms with Gasteiger partial charge in [-0.3, -0.25) is 19.9 Å². The number of nitrogens with zero attached hydrogens (tertiary/aromatic N) is 2. The molecule has 4 aromatic rings. The van der Waals surface area contributed by atoms with Gasteiger partial charge in [-0.2, -0.15) is 0 Å². The number of aromatic nitrogens is 1. The standard InChI is InChI=1S/C40H42N4O9S/c1-17-12-20-13-24-38(47)44-25-14-50-39(48)40(37-22(10-11-41-40)21-8-6-7-9-23(21)42-37)15-54-36(30(44)29(43(24)4)26(20)31(46)32(17)49-5)28-27(25)35-34(51-16-52-35)18(2)33(28)53-19(3)45/h6-9,12,24-25,29-30,36,38,41-42,46-47H,10-11,13-16H2,1-5H3/t24-,25-,29+,30+,36-,38-,40+/m0/s1. The van der Waals surface area contributed by atoms with Crippen LogP contribution in [0.5, 0.6) is 28.7 Å². The summed E-state index contributed by atoms with van der Waals surface area (Å²) in [5.74, 6) is 1.13. The first-order chi connectivity index (χ1) is 26.1. The molecular weight excluding hydrogens is 713 g/mol. The molecule has 0 unspecified atom stereocenters. The number of thioether (sulfide) groups is 1. The topological polar surface area (TPSA) is 155 Å². The van der Waals surface area contributed by atoms with E-state index < -0.39 is 47.1 Å². The number of carbonyl (C=O) groups is 2. The predicted octanol–water partition coefficient (Wildman–Crippen LogP) is 4.18. The molecule has 0 radical (unpaired) electrons. The SMILES string of the molecule is COc1c(C)cc2c(c1O)[C@@H]1[C@@H]3[C@H]4SC[C@]5(NCCc6c5[nH]c5ccccc65)C(=O)OC[C@@H](c5c6c(c(C)c(OC(C)=O)c54)OCO6)N3[C@@H](O)[C@H](C2)N1C. The lowest BCUT2D eigenvalue weighted by Gasteiger charge is -2.62. The number of hydrogen-bond acceptors (Lipinski definition) is 13. The van der Waals surface area contributed by atoms with Crippen LogP contribution in [-0.4, -0.2) is 95.1 Å². The zero-order valence-corrected chi connectivity index (χ0v) is 31.5. The molecule has 282 valence electrons. The van der Waals surface area contributed by atoms with Gasteiger partial charge < -0.3 is 38.9 Å². The smallest absolute Gasteiger partial charge is 0.333 e. The van der Waals surface area contributed by atoms with E-state index in [0.717, 1.165) is 50.8 Å². The third-order valence-electron chi connectivity index (χ3n) is 12.6. The van der Waals surface area contributed by atoms with Crippen molar-refractivity contribution in [2.24, 2.45) is 0 Å². The summed E-state index contributed by atoms with van der Waals surface area (Å²) in [5, 5.41) is 28.7. The number of aliphatic hydroxyl groups excluding tert-OH is 1. The molecule has 8 heterocycles. The van der Waals surface area contributed by atoms with Crippen LogP contribution in [0.4, 0.5) is 0 Å². The Morgan fingerprint density at radius 1 is 1.09 bits per heavy atom. The number of phenolic OH excluding ortho intramolecular Hbond substituents is 1. The van der Waals surface area contributed by atoms with E-state index in [1.54, 1.807) is 18.9 Å². The van der Waals surface area contributed by atoms with Crippen molar-refractivity contribution in [1.82, 2.24) is 20.1 Å². The Morgan fingerprint density at radius 2 is 1.89 bits per heavy atom. The van der Waals surface area contributed by atoms with Crippen molar-refractivity contribution in [2.75, 3.05) is 39.9 Å². The van der Waals surface area contributed by atoms with E-state index in [4.69, 9.17) is 23.7 Å². The number of fused-ring (bicyclic) bond motifs is 11. The average molecular weight is 755 g/mol. The molecule has 3 aromatic carbocycles. The first-order valence-corrected chi connectivity index (χ1v) is 19.5. The highest BCUT2D eigenvalue weighted by Crippen LogP contribution is 2.64. The maximum Gasteiger partial charge on any atom is 0.333 e. The number of carbonyl (C=O) groups excluding carboxylic acids is 2. The molecule has 11 rings (SSSR count). The fraction of sp³-hybridized carbons (Fsp3) is 0.450. The third kappa shape index (κ3) is 4.42. The molecule has 4 N–H and O–H groups in total. The van der Waals surface area contributed by atoms with Gasteiger partial charge in [-0.05, 0) is 56.5 Å². The van der Waals surface area contributed by atoms with E-state index in [-0.39, 0.29) is 30.9 Å². The Balaban J connectivity index is 1.24. The van der Waals surface area contributed by atoms with Crippen LogP contribution < -0.4 is 24.3 Å². The Hall–Kier alpha value is -4.47. The third-order valence-corrected chi connectivity index (χ3v) is 14.1. The number of para-hydroxylation sites is 1. The highest BCUT2D eigenvalue weighted by atomic mass is 32.2. The largest absolute Gasteiger partial charge is 0.504 e. The number of likely N-dealkylation sites (N-methyl/N-ethyl adjacent to an activating group) is 1. The van der Waals surface area contributed by atoms with Gasteiger partial charge in [0.25, 0.3) is 0 Å². The van der Waals surface area contributed by atoms with Gasteiger partial charge in [0.05, 0.1) is 36.2 Å². The van der Waals surface area contributed by atoms with Crippen molar-refractivity contribution in [3.63, 3.8) is 0 Å². The number of rotatable bonds is 2. The second-order valence-electron chi connectivity index (χ2n) is 15.3. The molecule has 2 fully saturated rings. The maximum atomic E-state index is 14.8. The van der Waals surface area contributed by atoms with E-state index in [1.807, 2.05) is 44.0 Å². The van der Waals surface area contributed by atoms with E-state index in [0.29, 0.717) is 47.1 Å². The minimum Gasteiger partial charge on any atom is -0.504 e. The van der Waals surface area contributed by atoms with Crippen LogP contribution in [0.15, 0.2) is 30.3 Å². The lowest BCUT2D eigenvalue weighted by molar-refractivity contribution is -0.186. The molecule has 1 spiro atoms. The Kier molecular flexibility index (Phi) is 7.58. The second-order valence-corrected chi connectivity index (χ2v) is 16.4. The molecule has 4 bridgehead atoms. The first-order valence-electron chi connectivity index (χ1n) is 18.4. The van der Waals surface area contributed by atoms with Crippen LogP contribution in [0.1, 0.15) is 68.9 Å². The second kappa shape index (κ2) is 12.0. The lowest BCUT2D eigenvalue weighted by Crippen LogP contribution is -2.70. The normalized spacial score (nSPS) is 29.6. The number of aliphatic hydroxyl groups is 1. The quantitative estimate of drug-likeness (QED) is 0.171. The van der Waals surface area contributed by atoms with Gasteiger partial charge in [0.15, 0.2) is 28.5 Å². The number of piperazine rings is 1. The molecular formula is C40H42N4O9S. The highest BCUT2D eigenvalue weighted by Gasteiger charge is 2.61. The Morgan fingerprint density at radius 3 is 2.69 bits per heavy atom. The van der Waals surface area contributed by atoms with Crippen molar-refractivity contribution < 1.29 is 43.5 Å². The number of aryl methyl sites for hydroxylation is 1. The summed E-state index contributed by atoms with van der Waals surface area (Å²) in [5.41, 5.74) is 6.07. The minimum atomic E-state index is -1.23. The van der Waals surface area contributed by atoms with Crippen molar-refractivity contribution >= 4 is 34.6 Å². The summed E-state index contributed by atoms with van der Waals surface area (Å²) in [4.78, 5) is 35.5. The van der Waals surface area contributed by atoms with Crippen LogP contribution in [0.2, 0.25) is 0 Å². The van der Waals surface area contributed by atoms with Crippen molar-refractivity contribution in [3.8, 4) is 28.7 Å². The molecule has 0 saturated carbocycles. The lowest BCUT2D eigenvalue weighted by atomic mass is 9.73. The summed E-state index contributed by atoms with van der Waals surface area (Å²) in [6, 6.07) is 8.07. The van der Waals surface area contributed by atoms with E-state index in [1.165, 1.54) is 6.92 Å². The molecule has 2 saturated heterocycles. The van der Waals surface area contributed by atoms with Crippen LogP contribution in [0, 0.1) is 13.8 Å².